The van der Waals surface area contributed by atoms with Crippen molar-refractivity contribution in [3.05, 3.63) is 72.1 Å². The molecular weight excluding hydrogens is 591 g/mol. The highest BCUT2D eigenvalue weighted by molar-refractivity contribution is 8.00. The first-order valence-corrected chi connectivity index (χ1v) is 16.8. The maximum absolute atomic E-state index is 13.2. The first kappa shape index (κ1) is 40.5. The molecule has 0 radical (unpaired) electrons. The molecule has 0 aliphatic heterocycles. The molecule has 1 aliphatic rings. The number of methoxy groups -OCH3 is 1. The number of ether oxygens (including phenoxy) is 1. The summed E-state index contributed by atoms with van der Waals surface area (Å²) in [6, 6.07) is 17.3. The number of nitrogens with one attached hydrogen (secondary N) is 1. The molecule has 0 atom stereocenters. The number of anilines is 1. The molecule has 0 saturated heterocycles. The number of thioether (sulfide) groups is 1. The van der Waals surface area contributed by atoms with Gasteiger partial charge in [0.05, 0.1) is 12.8 Å². The number of thiazole rings is 1. The molecule has 1 fully saturated rings. The van der Waals surface area contributed by atoms with E-state index in [4.69, 9.17) is 9.57 Å². The molecule has 1 aromatic carbocycles. The second-order valence-corrected chi connectivity index (χ2v) is 10.3. The summed E-state index contributed by atoms with van der Waals surface area (Å²) >= 11 is 3.17. The quantitative estimate of drug-likeness (QED) is 0.136. The van der Waals surface area contributed by atoms with Gasteiger partial charge < -0.3 is 9.57 Å². The smallest absolute Gasteiger partial charge is 0.275 e. The molecule has 1 N–H and O–H groups in total. The fraction of sp³-hybridized carbons (Fsp3) is 0.441. The first-order valence-electron chi connectivity index (χ1n) is 15.1. The van der Waals surface area contributed by atoms with Gasteiger partial charge in [-0.1, -0.05) is 97.5 Å². The lowest BCUT2D eigenvalue weighted by atomic mass is 10.1. The molecule has 242 valence electrons. The van der Waals surface area contributed by atoms with Crippen LogP contribution in [0.3, 0.4) is 0 Å². The van der Waals surface area contributed by atoms with Gasteiger partial charge in [0.25, 0.3) is 5.91 Å². The van der Waals surface area contributed by atoms with Crippen LogP contribution in [0.4, 0.5) is 5.13 Å². The van der Waals surface area contributed by atoms with E-state index in [1.165, 1.54) is 29.1 Å². The van der Waals surface area contributed by atoms with Crippen LogP contribution in [0.15, 0.2) is 70.8 Å². The Morgan fingerprint density at radius 3 is 2.23 bits per heavy atom. The summed E-state index contributed by atoms with van der Waals surface area (Å²) < 4.78 is 5.17. The summed E-state index contributed by atoms with van der Waals surface area (Å²) in [4.78, 5) is 33.6. The molecule has 0 unspecified atom stereocenters. The number of benzene rings is 1. The highest BCUT2D eigenvalue weighted by atomic mass is 32.2. The standard InChI is InChI=1S/C25H23N5O3S2.4C2H6.CH4/c1-32-22-12-11-20-24(28-22)35-25(27-20)29-23(31)21(30-33-15-17-4-2-3-13-26-17)14-16-5-7-18(8-6-16)34-19-9-10-19;4*1-2;/h2-8,11-13,19H,9-10,14-15H2,1H3,(H,27,29,31);4*1-2H3;1H4/b30-21+;;;;;. The summed E-state index contributed by atoms with van der Waals surface area (Å²) in [7, 11) is 1.56. The Morgan fingerprint density at radius 2 is 1.64 bits per heavy atom. The predicted molar refractivity (Wildman–Crippen MR) is 190 cm³/mol. The lowest BCUT2D eigenvalue weighted by Gasteiger charge is -2.08. The minimum Gasteiger partial charge on any atom is -0.481 e. The van der Waals surface area contributed by atoms with E-state index in [1.807, 2.05) is 97.5 Å². The van der Waals surface area contributed by atoms with Crippen molar-refractivity contribution in [2.75, 3.05) is 12.4 Å². The number of aromatic nitrogens is 3. The van der Waals surface area contributed by atoms with Gasteiger partial charge in [-0.3, -0.25) is 15.1 Å². The van der Waals surface area contributed by atoms with Gasteiger partial charge in [0, 0.05) is 28.8 Å². The van der Waals surface area contributed by atoms with Crippen molar-refractivity contribution in [2.45, 2.75) is 98.8 Å². The van der Waals surface area contributed by atoms with Gasteiger partial charge >= 0.3 is 0 Å². The molecule has 0 spiro atoms. The summed E-state index contributed by atoms with van der Waals surface area (Å²) in [6.45, 7) is 16.2. The predicted octanol–water partition coefficient (Wildman–Crippen LogP) is 9.84. The van der Waals surface area contributed by atoms with Gasteiger partial charge in [-0.05, 0) is 48.7 Å². The Bertz CT molecular complexity index is 1340. The van der Waals surface area contributed by atoms with E-state index in [0.717, 1.165) is 16.5 Å². The second kappa shape index (κ2) is 23.9. The first-order chi connectivity index (χ1) is 21.2. The van der Waals surface area contributed by atoms with Crippen LogP contribution in [0.5, 0.6) is 5.88 Å². The van der Waals surface area contributed by atoms with Crippen molar-refractivity contribution in [1.29, 1.82) is 0 Å². The van der Waals surface area contributed by atoms with Crippen LogP contribution in [0.25, 0.3) is 10.3 Å². The topological polar surface area (TPSA) is 98.6 Å². The van der Waals surface area contributed by atoms with Crippen molar-refractivity contribution in [3.8, 4) is 5.88 Å². The average molecular weight is 642 g/mol. The fourth-order valence-corrected chi connectivity index (χ4v) is 5.08. The molecular formula is C34H51N5O3S2. The van der Waals surface area contributed by atoms with Crippen molar-refractivity contribution >= 4 is 50.2 Å². The normalized spacial score (nSPS) is 11.3. The molecule has 1 aliphatic carbocycles. The van der Waals surface area contributed by atoms with Gasteiger partial charge in [0.1, 0.15) is 16.1 Å². The Hall–Kier alpha value is -3.50. The largest absolute Gasteiger partial charge is 0.481 e. The van der Waals surface area contributed by atoms with E-state index in [0.29, 0.717) is 27.8 Å². The van der Waals surface area contributed by atoms with Crippen LogP contribution in [0.2, 0.25) is 0 Å². The molecule has 1 amide bonds. The van der Waals surface area contributed by atoms with Gasteiger partial charge in [-0.25, -0.2) is 9.97 Å². The highest BCUT2D eigenvalue weighted by Crippen LogP contribution is 2.39. The molecule has 1 saturated carbocycles. The van der Waals surface area contributed by atoms with Crippen molar-refractivity contribution in [3.63, 3.8) is 0 Å². The number of rotatable bonds is 10. The highest BCUT2D eigenvalue weighted by Gasteiger charge is 2.22. The third-order valence-electron chi connectivity index (χ3n) is 5.16. The minimum absolute atomic E-state index is 0. The lowest BCUT2D eigenvalue weighted by Crippen LogP contribution is -2.25. The third kappa shape index (κ3) is 13.9. The Labute approximate surface area is 273 Å². The lowest BCUT2D eigenvalue weighted by molar-refractivity contribution is -0.110. The monoisotopic (exact) mass is 641 g/mol. The number of pyridine rings is 2. The molecule has 44 heavy (non-hydrogen) atoms. The zero-order chi connectivity index (χ0) is 32.0. The van der Waals surface area contributed by atoms with Crippen LogP contribution in [-0.2, 0) is 22.7 Å². The number of oxime groups is 1. The van der Waals surface area contributed by atoms with Crippen LogP contribution in [0, 0.1) is 0 Å². The minimum atomic E-state index is -0.381. The van der Waals surface area contributed by atoms with Crippen LogP contribution in [0.1, 0.15) is 86.9 Å². The zero-order valence-corrected chi connectivity index (χ0v) is 28.6. The fourth-order valence-electron chi connectivity index (χ4n) is 3.21. The van der Waals surface area contributed by atoms with Crippen LogP contribution in [-0.4, -0.2) is 38.9 Å². The summed E-state index contributed by atoms with van der Waals surface area (Å²) in [5.74, 6) is 0.112. The molecule has 5 rings (SSSR count). The number of fused-ring (bicyclic) bond motifs is 1. The number of carbonyl (C=O) groups is 1. The summed E-state index contributed by atoms with van der Waals surface area (Å²) in [6.07, 6.45) is 4.57. The third-order valence-corrected chi connectivity index (χ3v) is 7.39. The van der Waals surface area contributed by atoms with Gasteiger partial charge in [-0.2, -0.15) is 0 Å². The Kier molecular flexibility index (Phi) is 22.0. The molecule has 3 aromatic heterocycles. The summed E-state index contributed by atoms with van der Waals surface area (Å²) in [5, 5.41) is 8.19. The maximum atomic E-state index is 13.2. The average Bonchev–Trinajstić information content (AvgIpc) is 3.81. The van der Waals surface area contributed by atoms with Crippen LogP contribution >= 0.6 is 23.1 Å². The Balaban J connectivity index is 0.00000190. The van der Waals surface area contributed by atoms with E-state index in [1.54, 1.807) is 25.4 Å². The van der Waals surface area contributed by atoms with E-state index >= 15 is 0 Å². The van der Waals surface area contributed by atoms with E-state index in [-0.39, 0.29) is 25.7 Å². The number of amides is 1. The van der Waals surface area contributed by atoms with E-state index in [9.17, 15) is 4.79 Å². The van der Waals surface area contributed by atoms with Crippen molar-refractivity contribution in [2.24, 2.45) is 5.16 Å². The van der Waals surface area contributed by atoms with E-state index < -0.39 is 0 Å². The van der Waals surface area contributed by atoms with Crippen molar-refractivity contribution < 1.29 is 14.4 Å². The van der Waals surface area contributed by atoms with E-state index in [2.05, 4.69) is 37.6 Å². The zero-order valence-electron chi connectivity index (χ0n) is 27.0. The van der Waals surface area contributed by atoms with Gasteiger partial charge in [0.2, 0.25) is 5.88 Å². The van der Waals surface area contributed by atoms with Gasteiger partial charge in [0.15, 0.2) is 11.7 Å². The molecule has 8 nitrogen and oxygen atoms in total. The molecule has 10 heteroatoms. The Morgan fingerprint density at radius 1 is 0.955 bits per heavy atom. The van der Waals surface area contributed by atoms with Crippen molar-refractivity contribution in [1.82, 2.24) is 15.0 Å². The number of carbonyl (C=O) groups excluding carboxylic acids is 1. The number of hydrogen-bond donors (Lipinski definition) is 1. The SMILES string of the molecule is C.CC.CC.CC.CC.COc1ccc2nc(NC(=O)/C(Cc3ccc(SC4CC4)cc3)=N/OCc3ccccn3)sc2n1. The second-order valence-electron chi connectivity index (χ2n) is 7.92. The van der Waals surface area contributed by atoms with Crippen LogP contribution < -0.4 is 10.1 Å². The summed E-state index contributed by atoms with van der Waals surface area (Å²) in [5.41, 5.74) is 2.62. The number of nitrogens with zero attached hydrogens (tertiary/aromatic N) is 4. The molecule has 3 heterocycles. The molecule has 0 bridgehead atoms. The number of hydrogen-bond acceptors (Lipinski definition) is 9. The van der Waals surface area contributed by atoms with Gasteiger partial charge in [-0.15, -0.1) is 11.8 Å². The molecule has 4 aromatic rings. The maximum Gasteiger partial charge on any atom is 0.275 e.